The molecule has 4 aromatic rings. The molecule has 0 spiro atoms. The molecular weight excluding hydrogens is 414 g/mol. The summed E-state index contributed by atoms with van der Waals surface area (Å²) in [7, 11) is 0. The third kappa shape index (κ3) is 4.82. The smallest absolute Gasteiger partial charge is 0.277 e. The van der Waals surface area contributed by atoms with Gasteiger partial charge in [0.05, 0.1) is 0 Å². The summed E-state index contributed by atoms with van der Waals surface area (Å²) in [5.74, 6) is -0.218. The lowest BCUT2D eigenvalue weighted by atomic mass is 10.1. The Morgan fingerprint density at radius 3 is 2.45 bits per heavy atom. The number of rotatable bonds is 5. The monoisotopic (exact) mass is 431 g/mol. The SMILES string of the molecule is Cc1ccc(NC(=O)c2ccccc2)cc1NC(=O)c1cc(-c2cccc(Cl)c2)on1. The van der Waals surface area contributed by atoms with Crippen LogP contribution in [0.4, 0.5) is 11.4 Å². The van der Waals surface area contributed by atoms with Crippen molar-refractivity contribution in [1.82, 2.24) is 5.16 Å². The summed E-state index contributed by atoms with van der Waals surface area (Å²) in [6, 6.07) is 22.8. The summed E-state index contributed by atoms with van der Waals surface area (Å²) >= 11 is 6.01. The second-order valence-corrected chi connectivity index (χ2v) is 7.33. The molecule has 0 atom stereocenters. The molecule has 0 bridgehead atoms. The molecule has 31 heavy (non-hydrogen) atoms. The van der Waals surface area contributed by atoms with Crippen molar-refractivity contribution in [2.24, 2.45) is 0 Å². The van der Waals surface area contributed by atoms with Crippen LogP contribution in [0.15, 0.2) is 83.4 Å². The highest BCUT2D eigenvalue weighted by Crippen LogP contribution is 2.25. The van der Waals surface area contributed by atoms with E-state index in [1.54, 1.807) is 60.7 Å². The van der Waals surface area contributed by atoms with Crippen LogP contribution in [0.3, 0.4) is 0 Å². The second kappa shape index (κ2) is 8.85. The maximum absolute atomic E-state index is 12.7. The van der Waals surface area contributed by atoms with Gasteiger partial charge in [-0.3, -0.25) is 9.59 Å². The van der Waals surface area contributed by atoms with Crippen molar-refractivity contribution in [3.05, 3.63) is 101 Å². The van der Waals surface area contributed by atoms with Gasteiger partial charge in [0.2, 0.25) is 0 Å². The van der Waals surface area contributed by atoms with E-state index >= 15 is 0 Å². The lowest BCUT2D eigenvalue weighted by Crippen LogP contribution is -2.15. The average molecular weight is 432 g/mol. The predicted molar refractivity (Wildman–Crippen MR) is 120 cm³/mol. The second-order valence-electron chi connectivity index (χ2n) is 6.89. The summed E-state index contributed by atoms with van der Waals surface area (Å²) in [5, 5.41) is 10.1. The highest BCUT2D eigenvalue weighted by Gasteiger charge is 2.16. The number of anilines is 2. The Morgan fingerprint density at radius 2 is 1.68 bits per heavy atom. The van der Waals surface area contributed by atoms with Crippen LogP contribution in [-0.2, 0) is 0 Å². The van der Waals surface area contributed by atoms with E-state index < -0.39 is 5.91 Å². The van der Waals surface area contributed by atoms with E-state index in [-0.39, 0.29) is 11.6 Å². The minimum Gasteiger partial charge on any atom is -0.355 e. The van der Waals surface area contributed by atoms with Crippen LogP contribution in [0.5, 0.6) is 0 Å². The zero-order chi connectivity index (χ0) is 21.8. The van der Waals surface area contributed by atoms with Crippen molar-refractivity contribution < 1.29 is 14.1 Å². The normalized spacial score (nSPS) is 10.5. The van der Waals surface area contributed by atoms with Gasteiger partial charge in [0.1, 0.15) is 0 Å². The van der Waals surface area contributed by atoms with Crippen LogP contribution >= 0.6 is 11.6 Å². The van der Waals surface area contributed by atoms with E-state index in [4.69, 9.17) is 16.1 Å². The van der Waals surface area contributed by atoms with Crippen molar-refractivity contribution in [3.8, 4) is 11.3 Å². The molecule has 0 aliphatic heterocycles. The van der Waals surface area contributed by atoms with E-state index in [2.05, 4.69) is 15.8 Å². The van der Waals surface area contributed by atoms with Gasteiger partial charge in [-0.1, -0.05) is 53.2 Å². The molecular formula is C24H18ClN3O3. The van der Waals surface area contributed by atoms with E-state index in [0.717, 1.165) is 11.1 Å². The molecule has 1 heterocycles. The molecule has 0 fully saturated rings. The van der Waals surface area contributed by atoms with Crippen LogP contribution < -0.4 is 10.6 Å². The number of nitrogens with one attached hydrogen (secondary N) is 2. The van der Waals surface area contributed by atoms with E-state index in [1.807, 2.05) is 25.1 Å². The Morgan fingerprint density at radius 1 is 0.871 bits per heavy atom. The number of carbonyl (C=O) groups is 2. The van der Waals surface area contributed by atoms with Gasteiger partial charge in [-0.2, -0.15) is 0 Å². The van der Waals surface area contributed by atoms with Gasteiger partial charge in [0.15, 0.2) is 11.5 Å². The third-order valence-electron chi connectivity index (χ3n) is 4.63. The Hall–Kier alpha value is -3.90. The van der Waals surface area contributed by atoms with Gasteiger partial charge in [0, 0.05) is 33.6 Å². The average Bonchev–Trinajstić information content (AvgIpc) is 3.27. The van der Waals surface area contributed by atoms with Gasteiger partial charge in [-0.25, -0.2) is 0 Å². The highest BCUT2D eigenvalue weighted by atomic mass is 35.5. The fourth-order valence-corrected chi connectivity index (χ4v) is 3.16. The largest absolute Gasteiger partial charge is 0.355 e. The number of aryl methyl sites for hydroxylation is 1. The van der Waals surface area contributed by atoms with Crippen LogP contribution in [0.2, 0.25) is 5.02 Å². The summed E-state index contributed by atoms with van der Waals surface area (Å²) < 4.78 is 5.29. The topological polar surface area (TPSA) is 84.2 Å². The molecule has 6 nitrogen and oxygen atoms in total. The summed E-state index contributed by atoms with van der Waals surface area (Å²) in [4.78, 5) is 25.1. The number of hydrogen-bond donors (Lipinski definition) is 2. The number of nitrogens with zero attached hydrogens (tertiary/aromatic N) is 1. The quantitative estimate of drug-likeness (QED) is 0.417. The molecule has 2 amide bonds. The summed E-state index contributed by atoms with van der Waals surface area (Å²) in [5.41, 5.74) is 3.36. The minimum atomic E-state index is -0.424. The van der Waals surface area contributed by atoms with Crippen LogP contribution in [0.1, 0.15) is 26.4 Å². The van der Waals surface area contributed by atoms with Gasteiger partial charge in [0.25, 0.3) is 11.8 Å². The van der Waals surface area contributed by atoms with Crippen molar-refractivity contribution in [2.45, 2.75) is 6.92 Å². The Kier molecular flexibility index (Phi) is 5.82. The van der Waals surface area contributed by atoms with E-state index in [9.17, 15) is 9.59 Å². The molecule has 7 heteroatoms. The number of hydrogen-bond acceptors (Lipinski definition) is 4. The maximum atomic E-state index is 12.7. The van der Waals surface area contributed by atoms with Crippen LogP contribution in [0.25, 0.3) is 11.3 Å². The first-order valence-electron chi connectivity index (χ1n) is 9.50. The maximum Gasteiger partial charge on any atom is 0.277 e. The summed E-state index contributed by atoms with van der Waals surface area (Å²) in [6.45, 7) is 1.86. The first-order chi connectivity index (χ1) is 15.0. The number of carbonyl (C=O) groups excluding carboxylic acids is 2. The molecule has 1 aromatic heterocycles. The number of benzene rings is 3. The molecule has 0 saturated carbocycles. The molecule has 0 unspecified atom stereocenters. The zero-order valence-electron chi connectivity index (χ0n) is 16.6. The Bertz CT molecular complexity index is 1250. The van der Waals surface area contributed by atoms with Gasteiger partial charge < -0.3 is 15.2 Å². The first kappa shape index (κ1) is 20.4. The summed E-state index contributed by atoms with van der Waals surface area (Å²) in [6.07, 6.45) is 0. The molecule has 2 N–H and O–H groups in total. The Balaban J connectivity index is 1.49. The third-order valence-corrected chi connectivity index (χ3v) is 4.87. The molecule has 0 aliphatic rings. The van der Waals surface area contributed by atoms with Crippen molar-refractivity contribution in [2.75, 3.05) is 10.6 Å². The number of amides is 2. The standard InChI is InChI=1S/C24H18ClN3O3/c1-15-10-11-19(26-23(29)16-6-3-2-4-7-16)13-20(15)27-24(30)21-14-22(31-28-21)17-8-5-9-18(25)12-17/h2-14H,1H3,(H,26,29)(H,27,30). The predicted octanol–water partition coefficient (Wildman–Crippen LogP) is 5.81. The minimum absolute atomic E-state index is 0.132. The van der Waals surface area contributed by atoms with Crippen molar-refractivity contribution >= 4 is 34.8 Å². The molecule has 4 rings (SSSR count). The Labute approximate surface area is 183 Å². The van der Waals surface area contributed by atoms with E-state index in [1.165, 1.54) is 0 Å². The lowest BCUT2D eigenvalue weighted by molar-refractivity contribution is 0.101. The van der Waals surface area contributed by atoms with Gasteiger partial charge in [-0.05, 0) is 48.9 Å². The first-order valence-corrected chi connectivity index (χ1v) is 9.88. The molecule has 0 saturated heterocycles. The fraction of sp³-hybridized carbons (Fsp3) is 0.0417. The molecule has 154 valence electrons. The van der Waals surface area contributed by atoms with Gasteiger partial charge >= 0.3 is 0 Å². The van der Waals surface area contributed by atoms with Crippen LogP contribution in [-0.4, -0.2) is 17.0 Å². The molecule has 0 radical (unpaired) electrons. The van der Waals surface area contributed by atoms with Crippen LogP contribution in [0, 0.1) is 6.92 Å². The number of aromatic nitrogens is 1. The fourth-order valence-electron chi connectivity index (χ4n) is 2.97. The molecule has 0 aliphatic carbocycles. The number of halogens is 1. The van der Waals surface area contributed by atoms with Crippen molar-refractivity contribution in [3.63, 3.8) is 0 Å². The zero-order valence-corrected chi connectivity index (χ0v) is 17.3. The lowest BCUT2D eigenvalue weighted by Gasteiger charge is -2.11. The van der Waals surface area contributed by atoms with Crippen molar-refractivity contribution in [1.29, 1.82) is 0 Å². The molecule has 3 aromatic carbocycles. The highest BCUT2D eigenvalue weighted by molar-refractivity contribution is 6.30. The van der Waals surface area contributed by atoms with E-state index in [0.29, 0.717) is 27.7 Å². The van der Waals surface area contributed by atoms with Gasteiger partial charge in [-0.15, -0.1) is 0 Å².